The van der Waals surface area contributed by atoms with E-state index in [2.05, 4.69) is 10.5 Å². The predicted octanol–water partition coefficient (Wildman–Crippen LogP) is 5.77. The van der Waals surface area contributed by atoms with Crippen LogP contribution >= 0.6 is 23.2 Å². The van der Waals surface area contributed by atoms with E-state index in [0.29, 0.717) is 27.2 Å². The molecule has 1 aromatic heterocycles. The highest BCUT2D eigenvalue weighted by atomic mass is 35.5. The van der Waals surface area contributed by atoms with Gasteiger partial charge in [0.05, 0.1) is 48.8 Å². The molecule has 1 heterocycles. The van der Waals surface area contributed by atoms with Crippen molar-refractivity contribution in [3.63, 3.8) is 0 Å². The topological polar surface area (TPSA) is 111 Å². The number of nitrogens with zero attached hydrogens (tertiary/aromatic N) is 3. The van der Waals surface area contributed by atoms with Gasteiger partial charge in [-0.15, -0.1) is 0 Å². The van der Waals surface area contributed by atoms with Crippen LogP contribution < -0.4 is 23.9 Å². The lowest BCUT2D eigenvalue weighted by Crippen LogP contribution is -2.39. The number of hydrogen-bond acceptors (Lipinski definition) is 7. The first kappa shape index (κ1) is 31.7. The Morgan fingerprint density at radius 2 is 1.63 bits per heavy atom. The molecule has 10 nitrogen and oxygen atoms in total. The molecule has 0 bridgehead atoms. The van der Waals surface area contributed by atoms with Gasteiger partial charge in [0.15, 0.2) is 11.5 Å². The largest absolute Gasteiger partial charge is 0.497 e. The molecule has 0 aliphatic rings. The van der Waals surface area contributed by atoms with Crippen molar-refractivity contribution in [2.75, 3.05) is 32.2 Å². The van der Waals surface area contributed by atoms with Crippen LogP contribution in [0.25, 0.3) is 5.69 Å². The van der Waals surface area contributed by atoms with E-state index in [-0.39, 0.29) is 16.3 Å². The summed E-state index contributed by atoms with van der Waals surface area (Å²) in [4.78, 5) is 13.0. The van der Waals surface area contributed by atoms with Gasteiger partial charge in [0, 0.05) is 28.0 Å². The monoisotopic (exact) mass is 644 g/mol. The van der Waals surface area contributed by atoms with E-state index in [0.717, 1.165) is 21.3 Å². The van der Waals surface area contributed by atoms with Crippen molar-refractivity contribution in [2.45, 2.75) is 18.7 Å². The minimum atomic E-state index is -4.23. The third kappa shape index (κ3) is 6.90. The molecule has 0 saturated carbocycles. The summed E-state index contributed by atoms with van der Waals surface area (Å²) in [5.41, 5.74) is 5.80. The third-order valence-electron chi connectivity index (χ3n) is 6.60. The summed E-state index contributed by atoms with van der Waals surface area (Å²) in [5, 5.41) is 5.16. The van der Waals surface area contributed by atoms with Gasteiger partial charge in [0.1, 0.15) is 12.3 Å². The highest BCUT2D eigenvalue weighted by Gasteiger charge is 2.28. The number of ether oxygens (including phenoxy) is 3. The summed E-state index contributed by atoms with van der Waals surface area (Å²) in [6.07, 6.45) is 1.48. The van der Waals surface area contributed by atoms with Gasteiger partial charge in [-0.1, -0.05) is 23.2 Å². The van der Waals surface area contributed by atoms with Crippen LogP contribution in [0, 0.1) is 13.8 Å². The summed E-state index contributed by atoms with van der Waals surface area (Å²) in [7, 11) is 0.120. The number of sulfonamides is 1. The predicted molar refractivity (Wildman–Crippen MR) is 168 cm³/mol. The summed E-state index contributed by atoms with van der Waals surface area (Å²) in [5.74, 6) is 0.450. The maximum atomic E-state index is 13.8. The van der Waals surface area contributed by atoms with E-state index in [4.69, 9.17) is 37.4 Å². The second-order valence-corrected chi connectivity index (χ2v) is 12.0. The number of carbonyl (C=O) groups excluding carboxylic acids is 1. The molecule has 0 unspecified atom stereocenters. The third-order valence-corrected chi connectivity index (χ3v) is 8.93. The quantitative estimate of drug-likeness (QED) is 0.164. The molecule has 0 spiro atoms. The fourth-order valence-electron chi connectivity index (χ4n) is 4.45. The molecule has 4 rings (SSSR count). The second-order valence-electron chi connectivity index (χ2n) is 9.28. The number of carbonyl (C=O) groups is 1. The highest BCUT2D eigenvalue weighted by molar-refractivity contribution is 7.92. The molecule has 226 valence electrons. The van der Waals surface area contributed by atoms with Crippen LogP contribution in [0.4, 0.5) is 5.69 Å². The first-order chi connectivity index (χ1) is 20.5. The Morgan fingerprint density at radius 3 is 2.28 bits per heavy atom. The summed E-state index contributed by atoms with van der Waals surface area (Å²) >= 11 is 12.6. The molecule has 4 aromatic rings. The van der Waals surface area contributed by atoms with Crippen molar-refractivity contribution in [1.29, 1.82) is 0 Å². The molecule has 0 fully saturated rings. The second kappa shape index (κ2) is 13.4. The Morgan fingerprint density at radius 1 is 0.930 bits per heavy atom. The smallest absolute Gasteiger partial charge is 0.264 e. The fourth-order valence-corrected chi connectivity index (χ4v) is 6.26. The van der Waals surface area contributed by atoms with Gasteiger partial charge in [-0.2, -0.15) is 5.10 Å². The van der Waals surface area contributed by atoms with Gasteiger partial charge in [-0.05, 0) is 74.5 Å². The van der Waals surface area contributed by atoms with E-state index >= 15 is 0 Å². The molecule has 0 radical (unpaired) electrons. The zero-order valence-electron chi connectivity index (χ0n) is 24.1. The average molecular weight is 646 g/mol. The summed E-state index contributed by atoms with van der Waals surface area (Å²) in [6.45, 7) is 3.23. The molecular weight excluding hydrogens is 615 g/mol. The molecular formula is C30H30Cl2N4O6S. The van der Waals surface area contributed by atoms with Crippen molar-refractivity contribution in [3.05, 3.63) is 93.7 Å². The SMILES string of the molecule is COc1ccc(N(CC(=O)N/N=C/c2cc(C)n(-c3cc(Cl)ccc3Cl)c2C)S(=O)(=O)c2ccc(OC)c(OC)c2)cc1. The number of aryl methyl sites for hydroxylation is 1. The zero-order chi connectivity index (χ0) is 31.3. The number of hydrazone groups is 1. The summed E-state index contributed by atoms with van der Waals surface area (Å²) in [6, 6.07) is 17.6. The van der Waals surface area contributed by atoms with Crippen molar-refractivity contribution in [3.8, 4) is 22.9 Å². The van der Waals surface area contributed by atoms with Crippen LogP contribution in [0.3, 0.4) is 0 Å². The van der Waals surface area contributed by atoms with E-state index in [1.165, 1.54) is 45.7 Å². The fraction of sp³-hybridized carbons (Fsp3) is 0.200. The van der Waals surface area contributed by atoms with Crippen molar-refractivity contribution < 1.29 is 27.4 Å². The van der Waals surface area contributed by atoms with Crippen molar-refractivity contribution in [1.82, 2.24) is 9.99 Å². The normalized spacial score (nSPS) is 11.4. The van der Waals surface area contributed by atoms with Crippen molar-refractivity contribution >= 4 is 51.0 Å². The lowest BCUT2D eigenvalue weighted by Gasteiger charge is -2.24. The van der Waals surface area contributed by atoms with Gasteiger partial charge >= 0.3 is 0 Å². The number of hydrogen-bond donors (Lipinski definition) is 1. The van der Waals surface area contributed by atoms with Gasteiger partial charge < -0.3 is 18.8 Å². The maximum absolute atomic E-state index is 13.8. The lowest BCUT2D eigenvalue weighted by atomic mass is 10.2. The molecule has 13 heteroatoms. The first-order valence-corrected chi connectivity index (χ1v) is 15.0. The van der Waals surface area contributed by atoms with Crippen LogP contribution in [-0.4, -0.2) is 53.0 Å². The molecule has 1 amide bonds. The number of aromatic nitrogens is 1. The van der Waals surface area contributed by atoms with E-state index < -0.39 is 22.5 Å². The molecule has 0 aliphatic heterocycles. The van der Waals surface area contributed by atoms with Crippen LogP contribution in [0.2, 0.25) is 10.0 Å². The number of methoxy groups -OCH3 is 3. The Bertz CT molecular complexity index is 1770. The Balaban J connectivity index is 1.60. The number of amides is 1. The van der Waals surface area contributed by atoms with Crippen LogP contribution in [0.15, 0.2) is 76.7 Å². The van der Waals surface area contributed by atoms with Crippen LogP contribution in [-0.2, 0) is 14.8 Å². The van der Waals surface area contributed by atoms with Crippen LogP contribution in [0.1, 0.15) is 17.0 Å². The molecule has 43 heavy (non-hydrogen) atoms. The minimum absolute atomic E-state index is 0.0932. The number of nitrogens with one attached hydrogen (secondary N) is 1. The molecule has 0 aliphatic carbocycles. The molecule has 0 atom stereocenters. The van der Waals surface area contributed by atoms with Gasteiger partial charge in [0.25, 0.3) is 15.9 Å². The van der Waals surface area contributed by atoms with Gasteiger partial charge in [-0.25, -0.2) is 13.8 Å². The van der Waals surface area contributed by atoms with Gasteiger partial charge in [-0.3, -0.25) is 9.10 Å². The number of halogens is 2. The number of anilines is 1. The van der Waals surface area contributed by atoms with E-state index in [1.807, 2.05) is 24.5 Å². The zero-order valence-corrected chi connectivity index (χ0v) is 26.4. The molecule has 3 aromatic carbocycles. The Labute approximate surface area is 260 Å². The van der Waals surface area contributed by atoms with Crippen LogP contribution in [0.5, 0.6) is 17.2 Å². The van der Waals surface area contributed by atoms with E-state index in [9.17, 15) is 13.2 Å². The molecule has 0 saturated heterocycles. The van der Waals surface area contributed by atoms with Gasteiger partial charge in [0.2, 0.25) is 0 Å². The molecule has 1 N–H and O–H groups in total. The van der Waals surface area contributed by atoms with Crippen molar-refractivity contribution in [2.24, 2.45) is 5.10 Å². The lowest BCUT2D eigenvalue weighted by molar-refractivity contribution is -0.119. The maximum Gasteiger partial charge on any atom is 0.264 e. The standard InChI is InChI=1S/C30H30Cl2N4O6S/c1-19-14-21(20(2)36(19)27-15-22(31)6-12-26(27)32)17-33-34-30(37)18-35(23-7-9-24(40-3)10-8-23)43(38,39)25-11-13-28(41-4)29(16-25)42-5/h6-17H,18H2,1-5H3,(H,34,37)/b33-17+. The Hall–Kier alpha value is -4.19. The highest BCUT2D eigenvalue weighted by Crippen LogP contribution is 2.33. The average Bonchev–Trinajstić information content (AvgIpc) is 3.28. The summed E-state index contributed by atoms with van der Waals surface area (Å²) < 4.78 is 46.3. The number of rotatable bonds is 11. The minimum Gasteiger partial charge on any atom is -0.497 e. The Kier molecular flexibility index (Phi) is 9.90. The number of benzene rings is 3. The van der Waals surface area contributed by atoms with E-state index in [1.54, 1.807) is 42.5 Å². The first-order valence-electron chi connectivity index (χ1n) is 12.8.